The van der Waals surface area contributed by atoms with Crippen LogP contribution in [0.3, 0.4) is 0 Å². The second-order valence-corrected chi connectivity index (χ2v) is 7.03. The number of Topliss-reactive ketones (excluding diaryl/α,β-unsaturated/α-hetero) is 1. The van der Waals surface area contributed by atoms with Crippen LogP contribution in [-0.2, 0) is 16.8 Å². The number of hydrogen-bond donors (Lipinski definition) is 0. The molecule has 5 heteroatoms. The topological polar surface area (TPSA) is 51.7 Å². The quantitative estimate of drug-likeness (QED) is 0.793. The van der Waals surface area contributed by atoms with Crippen molar-refractivity contribution in [3.8, 4) is 5.75 Å². The lowest BCUT2D eigenvalue weighted by atomic mass is 9.78. The molecule has 0 amide bonds. The van der Waals surface area contributed by atoms with Crippen molar-refractivity contribution in [3.05, 3.63) is 53.2 Å². The number of hydrogen-bond acceptors (Lipinski definition) is 5. The largest absolute Gasteiger partial charge is 0.496 e. The Morgan fingerprint density at radius 2 is 2.08 bits per heavy atom. The molecule has 0 saturated carbocycles. The van der Waals surface area contributed by atoms with Gasteiger partial charge in [-0.25, -0.2) is 4.98 Å². The number of ketones is 1. The maximum atomic E-state index is 11.7. The summed E-state index contributed by atoms with van der Waals surface area (Å²) < 4.78 is 12.0. The number of carbonyl (C=O) groups is 1. The highest BCUT2D eigenvalue weighted by molar-refractivity contribution is 5.94. The average molecular weight is 352 g/mol. The molecule has 4 rings (SSSR count). The van der Waals surface area contributed by atoms with E-state index in [-0.39, 0.29) is 11.4 Å². The summed E-state index contributed by atoms with van der Waals surface area (Å²) in [6.07, 6.45) is 4.41. The standard InChI is InChI=1S/C21H24N2O3/c1-15(24)17-6-10-22-19(14-17)23-11-8-21(9-12-23)20-16(7-13-26-21)4-3-5-18(20)25-2/h3-6,10,14H,7-9,11-13H2,1-2H3. The number of benzene rings is 1. The van der Waals surface area contributed by atoms with Crippen LogP contribution in [0.5, 0.6) is 5.75 Å². The van der Waals surface area contributed by atoms with E-state index in [0.717, 1.165) is 50.5 Å². The number of fused-ring (bicyclic) bond motifs is 2. The molecule has 0 N–H and O–H groups in total. The van der Waals surface area contributed by atoms with Gasteiger partial charge in [-0.1, -0.05) is 12.1 Å². The Morgan fingerprint density at radius 3 is 2.81 bits per heavy atom. The monoisotopic (exact) mass is 352 g/mol. The Morgan fingerprint density at radius 1 is 1.27 bits per heavy atom. The van der Waals surface area contributed by atoms with E-state index in [1.807, 2.05) is 12.1 Å². The van der Waals surface area contributed by atoms with Crippen molar-refractivity contribution in [2.75, 3.05) is 31.7 Å². The lowest BCUT2D eigenvalue weighted by Crippen LogP contribution is -2.47. The highest BCUT2D eigenvalue weighted by Crippen LogP contribution is 2.46. The van der Waals surface area contributed by atoms with E-state index >= 15 is 0 Å². The Kier molecular flexibility index (Phi) is 4.41. The lowest BCUT2D eigenvalue weighted by Gasteiger charge is -2.45. The number of nitrogens with zero attached hydrogens (tertiary/aromatic N) is 2. The van der Waals surface area contributed by atoms with Crippen molar-refractivity contribution in [1.82, 2.24) is 4.98 Å². The van der Waals surface area contributed by atoms with Gasteiger partial charge in [0.25, 0.3) is 0 Å². The fourth-order valence-electron chi connectivity index (χ4n) is 4.20. The molecule has 0 atom stereocenters. The molecular weight excluding hydrogens is 328 g/mol. The predicted octanol–water partition coefficient (Wildman–Crippen LogP) is 3.36. The minimum atomic E-state index is -0.283. The minimum absolute atomic E-state index is 0.0661. The summed E-state index contributed by atoms with van der Waals surface area (Å²) in [4.78, 5) is 18.4. The van der Waals surface area contributed by atoms with Gasteiger partial charge in [0.1, 0.15) is 17.2 Å². The minimum Gasteiger partial charge on any atom is -0.496 e. The van der Waals surface area contributed by atoms with Gasteiger partial charge in [-0.15, -0.1) is 0 Å². The number of pyridine rings is 1. The fraction of sp³-hybridized carbons (Fsp3) is 0.429. The first-order valence-electron chi connectivity index (χ1n) is 9.15. The third-order valence-electron chi connectivity index (χ3n) is 5.58. The second kappa shape index (κ2) is 6.72. The van der Waals surface area contributed by atoms with E-state index in [9.17, 15) is 4.79 Å². The zero-order valence-corrected chi connectivity index (χ0v) is 15.3. The number of carbonyl (C=O) groups excluding carboxylic acids is 1. The molecule has 1 saturated heterocycles. The molecule has 2 aromatic rings. The van der Waals surface area contributed by atoms with Crippen molar-refractivity contribution < 1.29 is 14.3 Å². The third-order valence-corrected chi connectivity index (χ3v) is 5.58. The molecule has 3 heterocycles. The number of piperidine rings is 1. The molecule has 1 fully saturated rings. The lowest BCUT2D eigenvalue weighted by molar-refractivity contribution is -0.0780. The first kappa shape index (κ1) is 17.0. The van der Waals surface area contributed by atoms with E-state index in [1.165, 1.54) is 11.1 Å². The molecule has 136 valence electrons. The Balaban J connectivity index is 1.60. The van der Waals surface area contributed by atoms with Gasteiger partial charge < -0.3 is 14.4 Å². The van der Waals surface area contributed by atoms with Gasteiger partial charge in [-0.3, -0.25) is 4.79 Å². The van der Waals surface area contributed by atoms with Gasteiger partial charge in [0.15, 0.2) is 5.78 Å². The SMILES string of the molecule is COc1cccc2c1C1(CCN(c3cc(C(C)=O)ccn3)CC1)OCC2. The molecule has 1 aromatic heterocycles. The predicted molar refractivity (Wildman–Crippen MR) is 100 cm³/mol. The van der Waals surface area contributed by atoms with Crippen LogP contribution in [0.15, 0.2) is 36.5 Å². The van der Waals surface area contributed by atoms with Gasteiger partial charge in [-0.2, -0.15) is 0 Å². The van der Waals surface area contributed by atoms with E-state index < -0.39 is 0 Å². The van der Waals surface area contributed by atoms with Crippen LogP contribution in [-0.4, -0.2) is 37.6 Å². The van der Waals surface area contributed by atoms with Gasteiger partial charge in [0.2, 0.25) is 0 Å². The van der Waals surface area contributed by atoms with E-state index in [2.05, 4.69) is 22.0 Å². The van der Waals surface area contributed by atoms with Crippen LogP contribution in [0.25, 0.3) is 0 Å². The summed E-state index contributed by atoms with van der Waals surface area (Å²) in [5.41, 5.74) is 2.98. The zero-order valence-electron chi connectivity index (χ0n) is 15.3. The summed E-state index contributed by atoms with van der Waals surface area (Å²) in [6.45, 7) is 4.01. The van der Waals surface area contributed by atoms with E-state index in [0.29, 0.717) is 5.56 Å². The fourth-order valence-corrected chi connectivity index (χ4v) is 4.20. The molecule has 26 heavy (non-hydrogen) atoms. The molecule has 1 aromatic carbocycles. The highest BCUT2D eigenvalue weighted by Gasteiger charge is 2.43. The van der Waals surface area contributed by atoms with Crippen molar-refractivity contribution in [2.24, 2.45) is 0 Å². The molecule has 5 nitrogen and oxygen atoms in total. The van der Waals surface area contributed by atoms with E-state index in [1.54, 1.807) is 26.3 Å². The Bertz CT molecular complexity index is 812. The maximum absolute atomic E-state index is 11.7. The molecule has 0 unspecified atom stereocenters. The van der Waals surface area contributed by atoms with Crippen LogP contribution in [0.1, 0.15) is 41.3 Å². The summed E-state index contributed by atoms with van der Waals surface area (Å²) in [7, 11) is 1.73. The molecule has 0 aliphatic carbocycles. The summed E-state index contributed by atoms with van der Waals surface area (Å²) in [6, 6.07) is 9.92. The van der Waals surface area contributed by atoms with Crippen LogP contribution >= 0.6 is 0 Å². The molecule has 0 bridgehead atoms. The Hall–Kier alpha value is -2.40. The number of methoxy groups -OCH3 is 1. The summed E-state index contributed by atoms with van der Waals surface area (Å²) in [5.74, 6) is 1.85. The second-order valence-electron chi connectivity index (χ2n) is 7.03. The molecule has 2 aliphatic rings. The number of aromatic nitrogens is 1. The summed E-state index contributed by atoms with van der Waals surface area (Å²) >= 11 is 0. The molecule has 2 aliphatic heterocycles. The van der Waals surface area contributed by atoms with Gasteiger partial charge >= 0.3 is 0 Å². The van der Waals surface area contributed by atoms with Gasteiger partial charge in [-0.05, 0) is 49.9 Å². The highest BCUT2D eigenvalue weighted by atomic mass is 16.5. The summed E-state index contributed by atoms with van der Waals surface area (Å²) in [5, 5.41) is 0. The smallest absolute Gasteiger partial charge is 0.159 e. The van der Waals surface area contributed by atoms with Gasteiger partial charge in [0, 0.05) is 30.4 Å². The van der Waals surface area contributed by atoms with Crippen LogP contribution in [0.4, 0.5) is 5.82 Å². The molecular formula is C21H24N2O3. The van der Waals surface area contributed by atoms with Crippen molar-refractivity contribution in [2.45, 2.75) is 31.8 Å². The first-order chi connectivity index (χ1) is 12.6. The van der Waals surface area contributed by atoms with Crippen molar-refractivity contribution in [3.63, 3.8) is 0 Å². The van der Waals surface area contributed by atoms with Crippen molar-refractivity contribution in [1.29, 1.82) is 0 Å². The average Bonchev–Trinajstić information content (AvgIpc) is 2.68. The molecule has 0 radical (unpaired) electrons. The maximum Gasteiger partial charge on any atom is 0.159 e. The van der Waals surface area contributed by atoms with Gasteiger partial charge in [0.05, 0.1) is 13.7 Å². The third kappa shape index (κ3) is 2.86. The zero-order chi connectivity index (χ0) is 18.1. The normalized spacial score (nSPS) is 18.5. The number of anilines is 1. The van der Waals surface area contributed by atoms with Crippen LogP contribution in [0, 0.1) is 0 Å². The molecule has 1 spiro atoms. The Labute approximate surface area is 153 Å². The first-order valence-corrected chi connectivity index (χ1v) is 9.15. The van der Waals surface area contributed by atoms with Crippen LogP contribution < -0.4 is 9.64 Å². The number of ether oxygens (including phenoxy) is 2. The van der Waals surface area contributed by atoms with E-state index in [4.69, 9.17) is 9.47 Å². The number of rotatable bonds is 3. The van der Waals surface area contributed by atoms with Crippen LogP contribution in [0.2, 0.25) is 0 Å². The van der Waals surface area contributed by atoms with Crippen molar-refractivity contribution >= 4 is 11.6 Å².